The van der Waals surface area contributed by atoms with Crippen LogP contribution in [0.4, 0.5) is 5.82 Å². The molecule has 0 saturated carbocycles. The molecule has 3 atom stereocenters. The lowest BCUT2D eigenvalue weighted by molar-refractivity contribution is 0.357. The van der Waals surface area contributed by atoms with E-state index in [-0.39, 0.29) is 0 Å². The lowest BCUT2D eigenvalue weighted by Gasteiger charge is -2.28. The fourth-order valence-corrected chi connectivity index (χ4v) is 2.87. The average molecular weight is 204 g/mol. The molecule has 4 heteroatoms. The third-order valence-electron chi connectivity index (χ3n) is 3.60. The Morgan fingerprint density at radius 2 is 1.87 bits per heavy atom. The molecule has 2 aliphatic heterocycles. The van der Waals surface area contributed by atoms with Crippen molar-refractivity contribution in [2.24, 2.45) is 0 Å². The minimum atomic E-state index is 0.510. The Bertz CT molecular complexity index is 336. The van der Waals surface area contributed by atoms with Crippen molar-refractivity contribution in [2.45, 2.75) is 43.7 Å². The van der Waals surface area contributed by atoms with Gasteiger partial charge in [0.05, 0.1) is 5.69 Å². The van der Waals surface area contributed by atoms with Crippen LogP contribution in [0.5, 0.6) is 0 Å². The lowest BCUT2D eigenvalue weighted by Crippen LogP contribution is -2.37. The van der Waals surface area contributed by atoms with E-state index in [9.17, 15) is 0 Å². The number of nitrogens with one attached hydrogen (secondary N) is 1. The van der Waals surface area contributed by atoms with Gasteiger partial charge in [0.1, 0.15) is 5.82 Å². The summed E-state index contributed by atoms with van der Waals surface area (Å²) in [6.07, 6.45) is 5.05. The first kappa shape index (κ1) is 9.09. The summed E-state index contributed by atoms with van der Waals surface area (Å²) >= 11 is 0. The SMILES string of the molecule is Nc1ccc(C2CC3CC[C@@H](C2)N3)nn1. The van der Waals surface area contributed by atoms with Crippen LogP contribution in [0.25, 0.3) is 0 Å². The summed E-state index contributed by atoms with van der Waals surface area (Å²) in [6.45, 7) is 0. The summed E-state index contributed by atoms with van der Waals surface area (Å²) in [5.74, 6) is 1.09. The molecule has 3 rings (SSSR count). The molecular weight excluding hydrogens is 188 g/mol. The van der Waals surface area contributed by atoms with E-state index in [4.69, 9.17) is 5.73 Å². The van der Waals surface area contributed by atoms with Crippen LogP contribution in [-0.2, 0) is 0 Å². The maximum Gasteiger partial charge on any atom is 0.146 e. The molecular formula is C11H16N4. The number of nitrogen functional groups attached to an aromatic ring is 1. The van der Waals surface area contributed by atoms with Crippen molar-refractivity contribution in [1.29, 1.82) is 0 Å². The van der Waals surface area contributed by atoms with Crippen LogP contribution in [0.15, 0.2) is 12.1 Å². The van der Waals surface area contributed by atoms with Crippen LogP contribution < -0.4 is 11.1 Å². The zero-order valence-electron chi connectivity index (χ0n) is 8.69. The van der Waals surface area contributed by atoms with Crippen molar-refractivity contribution >= 4 is 5.82 Å². The third-order valence-corrected chi connectivity index (χ3v) is 3.60. The van der Waals surface area contributed by atoms with Gasteiger partial charge < -0.3 is 11.1 Å². The van der Waals surface area contributed by atoms with Gasteiger partial charge in [0.25, 0.3) is 0 Å². The molecule has 15 heavy (non-hydrogen) atoms. The molecule has 2 fully saturated rings. The number of aromatic nitrogens is 2. The number of nitrogens with zero attached hydrogens (tertiary/aromatic N) is 2. The van der Waals surface area contributed by atoms with Crippen molar-refractivity contribution in [3.8, 4) is 0 Å². The Labute approximate surface area is 89.3 Å². The number of hydrogen-bond donors (Lipinski definition) is 2. The number of hydrogen-bond acceptors (Lipinski definition) is 4. The quantitative estimate of drug-likeness (QED) is 0.718. The molecule has 0 radical (unpaired) electrons. The van der Waals surface area contributed by atoms with E-state index in [1.54, 1.807) is 0 Å². The van der Waals surface area contributed by atoms with Gasteiger partial charge in [0, 0.05) is 18.0 Å². The molecule has 4 nitrogen and oxygen atoms in total. The van der Waals surface area contributed by atoms with Crippen molar-refractivity contribution in [3.63, 3.8) is 0 Å². The topological polar surface area (TPSA) is 63.8 Å². The third kappa shape index (κ3) is 1.69. The van der Waals surface area contributed by atoms with Gasteiger partial charge in [-0.15, -0.1) is 5.10 Å². The molecule has 1 aromatic rings. The minimum Gasteiger partial charge on any atom is -0.382 e. The maximum absolute atomic E-state index is 5.54. The Morgan fingerprint density at radius 1 is 1.13 bits per heavy atom. The van der Waals surface area contributed by atoms with E-state index >= 15 is 0 Å². The van der Waals surface area contributed by atoms with Crippen LogP contribution in [0.2, 0.25) is 0 Å². The summed E-state index contributed by atoms with van der Waals surface area (Å²) in [7, 11) is 0. The highest BCUT2D eigenvalue weighted by atomic mass is 15.1. The Hall–Kier alpha value is -1.16. The van der Waals surface area contributed by atoms with Crippen molar-refractivity contribution < 1.29 is 0 Å². The second-order valence-electron chi connectivity index (χ2n) is 4.69. The zero-order valence-corrected chi connectivity index (χ0v) is 8.69. The number of piperidine rings is 1. The van der Waals surface area contributed by atoms with E-state index in [0.29, 0.717) is 23.8 Å². The fraction of sp³-hybridized carbons (Fsp3) is 0.636. The number of rotatable bonds is 1. The van der Waals surface area contributed by atoms with Crippen LogP contribution in [0.1, 0.15) is 37.3 Å². The maximum atomic E-state index is 5.54. The Balaban J connectivity index is 1.80. The lowest BCUT2D eigenvalue weighted by atomic mass is 9.89. The van der Waals surface area contributed by atoms with Crippen molar-refractivity contribution in [2.75, 3.05) is 5.73 Å². The molecule has 0 aromatic carbocycles. The van der Waals surface area contributed by atoms with E-state index < -0.39 is 0 Å². The van der Waals surface area contributed by atoms with Gasteiger partial charge in [0.15, 0.2) is 0 Å². The van der Waals surface area contributed by atoms with Gasteiger partial charge in [-0.1, -0.05) is 0 Å². The molecule has 1 aromatic heterocycles. The van der Waals surface area contributed by atoms with E-state index in [2.05, 4.69) is 15.5 Å². The van der Waals surface area contributed by atoms with Gasteiger partial charge >= 0.3 is 0 Å². The molecule has 3 N–H and O–H groups in total. The van der Waals surface area contributed by atoms with E-state index in [1.165, 1.54) is 25.7 Å². The van der Waals surface area contributed by atoms with Gasteiger partial charge in [0.2, 0.25) is 0 Å². The summed E-state index contributed by atoms with van der Waals surface area (Å²) in [4.78, 5) is 0. The highest BCUT2D eigenvalue weighted by Crippen LogP contribution is 2.36. The fourth-order valence-electron chi connectivity index (χ4n) is 2.87. The summed E-state index contributed by atoms with van der Waals surface area (Å²) < 4.78 is 0. The molecule has 2 aliphatic rings. The second-order valence-corrected chi connectivity index (χ2v) is 4.69. The zero-order chi connectivity index (χ0) is 10.3. The smallest absolute Gasteiger partial charge is 0.146 e. The van der Waals surface area contributed by atoms with Gasteiger partial charge in [-0.25, -0.2) is 0 Å². The molecule has 2 bridgehead atoms. The molecule has 0 spiro atoms. The first-order valence-corrected chi connectivity index (χ1v) is 5.66. The molecule has 0 amide bonds. The van der Waals surface area contributed by atoms with Crippen LogP contribution >= 0.6 is 0 Å². The summed E-state index contributed by atoms with van der Waals surface area (Å²) in [6, 6.07) is 5.28. The molecule has 2 saturated heterocycles. The summed E-state index contributed by atoms with van der Waals surface area (Å²) in [5, 5.41) is 11.8. The van der Waals surface area contributed by atoms with Gasteiger partial charge in [-0.05, 0) is 37.8 Å². The van der Waals surface area contributed by atoms with Crippen molar-refractivity contribution in [3.05, 3.63) is 17.8 Å². The first-order chi connectivity index (χ1) is 7.31. The van der Waals surface area contributed by atoms with Gasteiger partial charge in [-0.2, -0.15) is 5.10 Å². The number of anilines is 1. The van der Waals surface area contributed by atoms with Crippen LogP contribution in [0.3, 0.4) is 0 Å². The number of fused-ring (bicyclic) bond motifs is 2. The highest BCUT2D eigenvalue weighted by Gasteiger charge is 2.34. The Kier molecular flexibility index (Phi) is 2.09. The first-order valence-electron chi connectivity index (χ1n) is 5.66. The minimum absolute atomic E-state index is 0.510. The predicted octanol–water partition coefficient (Wildman–Crippen LogP) is 1.06. The summed E-state index contributed by atoms with van der Waals surface area (Å²) in [5.41, 5.74) is 6.65. The monoisotopic (exact) mass is 204 g/mol. The number of nitrogens with two attached hydrogens (primary N) is 1. The van der Waals surface area contributed by atoms with E-state index in [1.807, 2.05) is 12.1 Å². The standard InChI is InChI=1S/C11H16N4/c12-11-4-3-10(14-15-11)7-5-8-1-2-9(6-7)13-8/h3-4,7-9,13H,1-2,5-6H2,(H2,12,15)/t7?,8-,9?/m0/s1. The molecule has 3 heterocycles. The molecule has 80 valence electrons. The second kappa shape index (κ2) is 3.45. The van der Waals surface area contributed by atoms with E-state index in [0.717, 1.165) is 5.69 Å². The average Bonchev–Trinajstić information content (AvgIpc) is 2.59. The molecule has 2 unspecified atom stereocenters. The Morgan fingerprint density at radius 3 is 2.47 bits per heavy atom. The van der Waals surface area contributed by atoms with Crippen LogP contribution in [-0.4, -0.2) is 22.3 Å². The molecule has 0 aliphatic carbocycles. The van der Waals surface area contributed by atoms with Crippen molar-refractivity contribution in [1.82, 2.24) is 15.5 Å². The van der Waals surface area contributed by atoms with Crippen LogP contribution in [0, 0.1) is 0 Å². The normalized spacial score (nSPS) is 34.3. The van der Waals surface area contributed by atoms with Gasteiger partial charge in [-0.3, -0.25) is 0 Å². The predicted molar refractivity (Wildman–Crippen MR) is 58.4 cm³/mol. The largest absolute Gasteiger partial charge is 0.382 e. The highest BCUT2D eigenvalue weighted by molar-refractivity contribution is 5.27.